The standard InChI is InChI=1S/C22H27N3O5/c1-22(2,21(29)30-3)20(28)25-17(13-15-9-5-4-6-10-15)18(26)19(27)24-14-16-11-7-8-12-23-16/h4-12,17-18,26H,13-14H2,1-3H3,(H,24,27)(H,25,28)/t17-,18+/m1/s1. The predicted octanol–water partition coefficient (Wildman–Crippen LogP) is 0.985. The molecule has 0 saturated heterocycles. The number of hydrogen-bond donors (Lipinski definition) is 3. The number of amides is 2. The van der Waals surface area contributed by atoms with E-state index in [1.54, 1.807) is 24.4 Å². The zero-order valence-electron chi connectivity index (χ0n) is 17.3. The molecule has 0 unspecified atom stereocenters. The van der Waals surface area contributed by atoms with Gasteiger partial charge in [-0.1, -0.05) is 36.4 Å². The maximum atomic E-state index is 12.7. The highest BCUT2D eigenvalue weighted by molar-refractivity contribution is 6.02. The van der Waals surface area contributed by atoms with Crippen molar-refractivity contribution in [3.8, 4) is 0 Å². The lowest BCUT2D eigenvalue weighted by atomic mass is 9.91. The molecule has 1 heterocycles. The van der Waals surface area contributed by atoms with Crippen LogP contribution in [0.3, 0.4) is 0 Å². The molecule has 2 aromatic rings. The minimum absolute atomic E-state index is 0.135. The fraction of sp³-hybridized carbons (Fsp3) is 0.364. The third kappa shape index (κ3) is 6.12. The third-order valence-electron chi connectivity index (χ3n) is 4.70. The Kier molecular flexibility index (Phi) is 8.06. The lowest BCUT2D eigenvalue weighted by Gasteiger charge is -2.28. The van der Waals surface area contributed by atoms with Gasteiger partial charge in [0.25, 0.3) is 5.91 Å². The van der Waals surface area contributed by atoms with Gasteiger partial charge in [-0.15, -0.1) is 0 Å². The van der Waals surface area contributed by atoms with Gasteiger partial charge in [0.05, 0.1) is 25.4 Å². The maximum absolute atomic E-state index is 12.7. The van der Waals surface area contributed by atoms with Gasteiger partial charge in [-0.2, -0.15) is 0 Å². The minimum atomic E-state index is -1.54. The van der Waals surface area contributed by atoms with E-state index in [0.717, 1.165) is 5.56 Å². The number of methoxy groups -OCH3 is 1. The van der Waals surface area contributed by atoms with E-state index in [2.05, 4.69) is 20.4 Å². The van der Waals surface area contributed by atoms with Crippen molar-refractivity contribution in [3.63, 3.8) is 0 Å². The Morgan fingerprint density at radius 2 is 1.77 bits per heavy atom. The maximum Gasteiger partial charge on any atom is 0.320 e. The van der Waals surface area contributed by atoms with Crippen LogP contribution in [-0.4, -0.2) is 47.1 Å². The summed E-state index contributed by atoms with van der Waals surface area (Å²) in [6.07, 6.45) is 0.263. The van der Waals surface area contributed by atoms with Crippen LogP contribution in [0.1, 0.15) is 25.1 Å². The molecule has 0 fully saturated rings. The van der Waals surface area contributed by atoms with E-state index in [9.17, 15) is 19.5 Å². The van der Waals surface area contributed by atoms with E-state index in [0.29, 0.717) is 5.69 Å². The van der Waals surface area contributed by atoms with Crippen molar-refractivity contribution in [2.75, 3.05) is 7.11 Å². The van der Waals surface area contributed by atoms with Crippen molar-refractivity contribution in [3.05, 3.63) is 66.0 Å². The zero-order chi connectivity index (χ0) is 22.1. The highest BCUT2D eigenvalue weighted by Gasteiger charge is 2.40. The second-order valence-electron chi connectivity index (χ2n) is 7.37. The van der Waals surface area contributed by atoms with Crippen molar-refractivity contribution < 1.29 is 24.2 Å². The number of ether oxygens (including phenoxy) is 1. The molecule has 30 heavy (non-hydrogen) atoms. The number of carbonyl (C=O) groups excluding carboxylic acids is 3. The van der Waals surface area contributed by atoms with Gasteiger partial charge < -0.3 is 20.5 Å². The van der Waals surface area contributed by atoms with E-state index >= 15 is 0 Å². The SMILES string of the molecule is COC(=O)C(C)(C)C(=O)N[C@H](Cc1ccccc1)[C@H](O)C(=O)NCc1ccccn1. The molecule has 0 bridgehead atoms. The lowest BCUT2D eigenvalue weighted by Crippen LogP contribution is -2.55. The third-order valence-corrected chi connectivity index (χ3v) is 4.70. The summed E-state index contributed by atoms with van der Waals surface area (Å²) < 4.78 is 4.68. The van der Waals surface area contributed by atoms with Gasteiger partial charge in [-0.3, -0.25) is 19.4 Å². The Hall–Kier alpha value is -3.26. The number of hydrogen-bond acceptors (Lipinski definition) is 6. The van der Waals surface area contributed by atoms with Crippen LogP contribution in [0.15, 0.2) is 54.7 Å². The van der Waals surface area contributed by atoms with Gasteiger partial charge in [0.2, 0.25) is 5.91 Å². The van der Waals surface area contributed by atoms with Crippen molar-refractivity contribution in [2.24, 2.45) is 5.41 Å². The first-order chi connectivity index (χ1) is 14.3. The molecule has 8 nitrogen and oxygen atoms in total. The van der Waals surface area contributed by atoms with E-state index in [-0.39, 0.29) is 13.0 Å². The Morgan fingerprint density at radius 1 is 1.10 bits per heavy atom. The van der Waals surface area contributed by atoms with Crippen molar-refractivity contribution in [2.45, 2.75) is 39.0 Å². The summed E-state index contributed by atoms with van der Waals surface area (Å²) in [5.74, 6) is -2.02. The summed E-state index contributed by atoms with van der Waals surface area (Å²) in [4.78, 5) is 41.3. The molecule has 0 saturated carbocycles. The number of aromatic nitrogens is 1. The number of nitrogens with one attached hydrogen (secondary N) is 2. The Morgan fingerprint density at radius 3 is 2.37 bits per heavy atom. The van der Waals surface area contributed by atoms with Gasteiger partial charge >= 0.3 is 5.97 Å². The van der Waals surface area contributed by atoms with Crippen molar-refractivity contribution >= 4 is 17.8 Å². The highest BCUT2D eigenvalue weighted by Crippen LogP contribution is 2.18. The fourth-order valence-corrected chi connectivity index (χ4v) is 2.77. The number of carbonyl (C=O) groups is 3. The number of esters is 1. The smallest absolute Gasteiger partial charge is 0.320 e. The first-order valence-electron chi connectivity index (χ1n) is 9.54. The molecule has 2 atom stereocenters. The molecule has 0 aliphatic rings. The molecule has 0 aliphatic heterocycles. The molecule has 1 aromatic heterocycles. The molecule has 160 valence electrons. The highest BCUT2D eigenvalue weighted by atomic mass is 16.5. The second-order valence-corrected chi connectivity index (χ2v) is 7.37. The van der Waals surface area contributed by atoms with Gasteiger partial charge in [0.1, 0.15) is 5.41 Å². The molecule has 2 rings (SSSR count). The van der Waals surface area contributed by atoms with Crippen LogP contribution in [0.4, 0.5) is 0 Å². The quantitative estimate of drug-likeness (QED) is 0.417. The molecule has 1 aromatic carbocycles. The number of benzene rings is 1. The Balaban J connectivity index is 2.14. The van der Waals surface area contributed by atoms with Crippen LogP contribution in [-0.2, 0) is 32.1 Å². The van der Waals surface area contributed by atoms with E-state index in [1.807, 2.05) is 30.3 Å². The monoisotopic (exact) mass is 413 g/mol. The zero-order valence-corrected chi connectivity index (χ0v) is 17.3. The van der Waals surface area contributed by atoms with Crippen LogP contribution in [0.5, 0.6) is 0 Å². The Bertz CT molecular complexity index is 856. The van der Waals surface area contributed by atoms with Gasteiger partial charge in [-0.05, 0) is 38.0 Å². The predicted molar refractivity (Wildman–Crippen MR) is 110 cm³/mol. The molecule has 0 spiro atoms. The van der Waals surface area contributed by atoms with Crippen LogP contribution in [0.2, 0.25) is 0 Å². The topological polar surface area (TPSA) is 118 Å². The average molecular weight is 413 g/mol. The normalized spacial score (nSPS) is 13.1. The number of nitrogens with zero attached hydrogens (tertiary/aromatic N) is 1. The largest absolute Gasteiger partial charge is 0.468 e. The van der Waals surface area contributed by atoms with E-state index in [4.69, 9.17) is 0 Å². The summed E-state index contributed by atoms with van der Waals surface area (Å²) in [6.45, 7) is 2.97. The van der Waals surface area contributed by atoms with Crippen LogP contribution in [0.25, 0.3) is 0 Å². The van der Waals surface area contributed by atoms with Crippen LogP contribution < -0.4 is 10.6 Å². The van der Waals surface area contributed by atoms with E-state index < -0.39 is 35.3 Å². The fourth-order valence-electron chi connectivity index (χ4n) is 2.77. The summed E-state index contributed by atoms with van der Waals surface area (Å²) in [5.41, 5.74) is -0.0304. The molecule has 3 N–H and O–H groups in total. The summed E-state index contributed by atoms with van der Waals surface area (Å²) in [6, 6.07) is 13.5. The molecule has 8 heteroatoms. The molecule has 2 amide bonds. The number of pyridine rings is 1. The minimum Gasteiger partial charge on any atom is -0.468 e. The van der Waals surface area contributed by atoms with E-state index in [1.165, 1.54) is 21.0 Å². The number of aliphatic hydroxyl groups excluding tert-OH is 1. The van der Waals surface area contributed by atoms with Crippen LogP contribution >= 0.6 is 0 Å². The first kappa shape index (κ1) is 23.0. The Labute approximate surface area is 175 Å². The van der Waals surface area contributed by atoms with Gasteiger partial charge in [0, 0.05) is 6.20 Å². The van der Waals surface area contributed by atoms with Crippen molar-refractivity contribution in [1.82, 2.24) is 15.6 Å². The molecule has 0 aliphatic carbocycles. The molecular weight excluding hydrogens is 386 g/mol. The molecular formula is C22H27N3O5. The number of aliphatic hydroxyl groups is 1. The molecule has 0 radical (unpaired) electrons. The summed E-state index contributed by atoms with van der Waals surface area (Å²) >= 11 is 0. The average Bonchev–Trinajstić information content (AvgIpc) is 2.77. The second kappa shape index (κ2) is 10.5. The summed E-state index contributed by atoms with van der Waals surface area (Å²) in [7, 11) is 1.19. The summed E-state index contributed by atoms with van der Waals surface area (Å²) in [5, 5.41) is 15.9. The van der Waals surface area contributed by atoms with Gasteiger partial charge in [-0.25, -0.2) is 0 Å². The van der Waals surface area contributed by atoms with Crippen LogP contribution in [0, 0.1) is 5.41 Å². The van der Waals surface area contributed by atoms with Crippen molar-refractivity contribution in [1.29, 1.82) is 0 Å². The first-order valence-corrected chi connectivity index (χ1v) is 9.54. The number of rotatable bonds is 9. The van der Waals surface area contributed by atoms with Gasteiger partial charge in [0.15, 0.2) is 6.10 Å². The lowest BCUT2D eigenvalue weighted by molar-refractivity contribution is -0.157.